The molecule has 3 aliphatic rings. The Hall–Kier alpha value is -3.23. The minimum atomic E-state index is -1.50. The highest BCUT2D eigenvalue weighted by Gasteiger charge is 2.70. The first-order valence-corrected chi connectivity index (χ1v) is 12.2. The minimum Gasteiger partial charge on any atom is -0.370 e. The third-order valence-electron chi connectivity index (χ3n) is 7.52. The Bertz CT molecular complexity index is 1260. The maximum atomic E-state index is 13.9. The number of fused-ring (bicyclic) bond motifs is 4. The monoisotopic (exact) mass is 494 g/mol. The van der Waals surface area contributed by atoms with Crippen LogP contribution in [0.2, 0.25) is 5.02 Å². The van der Waals surface area contributed by atoms with E-state index in [9.17, 15) is 19.2 Å². The predicted molar refractivity (Wildman–Crippen MR) is 132 cm³/mol. The number of unbranched alkanes of at least 4 members (excludes halogenated alkanes) is 1. The topological polar surface area (TPSA) is 122 Å². The molecule has 8 nitrogen and oxygen atoms in total. The van der Waals surface area contributed by atoms with Crippen molar-refractivity contribution in [3.63, 3.8) is 0 Å². The normalized spacial score (nSPS) is 26.9. The number of hydrogen-bond acceptors (Lipinski definition) is 5. The van der Waals surface area contributed by atoms with Gasteiger partial charge in [-0.15, -0.1) is 0 Å². The third kappa shape index (κ3) is 3.38. The standard InChI is InChI=1S/C26H27ClN4O4/c1-3-4-5-14-6-8-15(9-7-14)31-23(33)20-18(12-19(28)32)30-26(21(20)24(31)34)16-10-11-17(27)13(2)22(16)29-25(26)35/h6-11,18,20-21,30H,3-5,12H2,1-2H3,(H2,28,32)(H,29,35)/t18-,20-,21-,26+/m0/s1. The van der Waals surface area contributed by atoms with E-state index in [0.29, 0.717) is 27.5 Å². The van der Waals surface area contributed by atoms with Crippen molar-refractivity contribution >= 4 is 46.6 Å². The van der Waals surface area contributed by atoms with Crippen molar-refractivity contribution in [3.05, 3.63) is 58.1 Å². The van der Waals surface area contributed by atoms with Gasteiger partial charge in [0, 0.05) is 23.0 Å². The zero-order chi connectivity index (χ0) is 25.1. The molecule has 1 spiro atoms. The van der Waals surface area contributed by atoms with Gasteiger partial charge in [-0.05, 0) is 49.1 Å². The number of anilines is 2. The molecule has 35 heavy (non-hydrogen) atoms. The van der Waals surface area contributed by atoms with Crippen molar-refractivity contribution in [2.45, 2.75) is 51.1 Å². The second-order valence-electron chi connectivity index (χ2n) is 9.56. The average Bonchev–Trinajstić information content (AvgIpc) is 3.40. The molecule has 3 aliphatic heterocycles. The van der Waals surface area contributed by atoms with E-state index in [0.717, 1.165) is 29.7 Å². The van der Waals surface area contributed by atoms with Gasteiger partial charge in [0.05, 0.1) is 23.2 Å². The van der Waals surface area contributed by atoms with E-state index in [1.165, 1.54) is 0 Å². The Labute approximate surface area is 208 Å². The van der Waals surface area contributed by atoms with Gasteiger partial charge in [-0.3, -0.25) is 24.5 Å². The Kier molecular flexibility index (Phi) is 5.68. The summed E-state index contributed by atoms with van der Waals surface area (Å²) in [6.07, 6.45) is 2.85. The molecular formula is C26H27ClN4O4. The number of benzene rings is 2. The molecule has 0 aliphatic carbocycles. The number of nitrogens with two attached hydrogens (primary N) is 1. The Morgan fingerprint density at radius 2 is 1.83 bits per heavy atom. The molecule has 4 N–H and O–H groups in total. The minimum absolute atomic E-state index is 0.180. The Morgan fingerprint density at radius 3 is 2.49 bits per heavy atom. The van der Waals surface area contributed by atoms with Crippen LogP contribution in [0, 0.1) is 18.8 Å². The largest absolute Gasteiger partial charge is 0.370 e. The molecule has 0 saturated carbocycles. The number of primary amides is 1. The molecule has 0 aromatic heterocycles. The van der Waals surface area contributed by atoms with Crippen LogP contribution in [-0.2, 0) is 31.1 Å². The van der Waals surface area contributed by atoms with Gasteiger partial charge in [-0.2, -0.15) is 0 Å². The van der Waals surface area contributed by atoms with E-state index in [2.05, 4.69) is 17.6 Å². The number of hydrogen-bond donors (Lipinski definition) is 3. The molecular weight excluding hydrogens is 468 g/mol. The van der Waals surface area contributed by atoms with Crippen LogP contribution in [0.4, 0.5) is 11.4 Å². The maximum absolute atomic E-state index is 13.9. The highest BCUT2D eigenvalue weighted by Crippen LogP contribution is 2.55. The molecule has 9 heteroatoms. The number of nitrogens with one attached hydrogen (secondary N) is 2. The summed E-state index contributed by atoms with van der Waals surface area (Å²) in [5.74, 6) is -3.93. The quantitative estimate of drug-likeness (QED) is 0.533. The van der Waals surface area contributed by atoms with E-state index < -0.39 is 47.0 Å². The van der Waals surface area contributed by atoms with Crippen molar-refractivity contribution in [2.24, 2.45) is 17.6 Å². The number of aryl methyl sites for hydroxylation is 1. The van der Waals surface area contributed by atoms with Gasteiger partial charge in [0.2, 0.25) is 23.6 Å². The SMILES string of the molecule is CCCCc1ccc(N2C(=O)[C@H]3[C@H](CC(N)=O)N[C@@]4(C(=O)Nc5c4ccc(Cl)c5C)[C@@H]3C2=O)cc1. The molecule has 3 heterocycles. The molecule has 2 saturated heterocycles. The smallest absolute Gasteiger partial charge is 0.250 e. The lowest BCUT2D eigenvalue weighted by molar-refractivity contribution is -0.130. The summed E-state index contributed by atoms with van der Waals surface area (Å²) >= 11 is 6.28. The number of nitrogens with zero attached hydrogens (tertiary/aromatic N) is 1. The molecule has 4 amide bonds. The van der Waals surface area contributed by atoms with Gasteiger partial charge in [-0.1, -0.05) is 43.1 Å². The fourth-order valence-electron chi connectivity index (χ4n) is 5.83. The third-order valence-corrected chi connectivity index (χ3v) is 7.93. The first kappa shape index (κ1) is 23.5. The molecule has 0 unspecified atom stereocenters. The summed E-state index contributed by atoms with van der Waals surface area (Å²) in [4.78, 5) is 54.1. The van der Waals surface area contributed by atoms with Gasteiger partial charge in [0.1, 0.15) is 5.54 Å². The fourth-order valence-corrected chi connectivity index (χ4v) is 5.99. The van der Waals surface area contributed by atoms with Crippen LogP contribution >= 0.6 is 11.6 Å². The summed E-state index contributed by atoms with van der Waals surface area (Å²) in [7, 11) is 0. The van der Waals surface area contributed by atoms with Crippen molar-refractivity contribution in [2.75, 3.05) is 10.2 Å². The fraction of sp³-hybridized carbons (Fsp3) is 0.385. The van der Waals surface area contributed by atoms with Crippen LogP contribution in [0.3, 0.4) is 0 Å². The first-order valence-electron chi connectivity index (χ1n) is 11.8. The summed E-state index contributed by atoms with van der Waals surface area (Å²) in [5.41, 5.74) is 7.30. The zero-order valence-corrected chi connectivity index (χ0v) is 20.3. The lowest BCUT2D eigenvalue weighted by atomic mass is 9.76. The second kappa shape index (κ2) is 8.46. The number of carbonyl (C=O) groups is 4. The van der Waals surface area contributed by atoms with E-state index in [4.69, 9.17) is 17.3 Å². The molecule has 2 aromatic carbocycles. The summed E-state index contributed by atoms with van der Waals surface area (Å²) < 4.78 is 0. The molecule has 0 bridgehead atoms. The van der Waals surface area contributed by atoms with Crippen molar-refractivity contribution in [1.82, 2.24) is 5.32 Å². The van der Waals surface area contributed by atoms with Gasteiger partial charge < -0.3 is 11.1 Å². The van der Waals surface area contributed by atoms with E-state index in [1.807, 2.05) is 12.1 Å². The van der Waals surface area contributed by atoms with Crippen LogP contribution in [0.15, 0.2) is 36.4 Å². The summed E-state index contributed by atoms with van der Waals surface area (Å²) in [6, 6.07) is 9.95. The first-order chi connectivity index (χ1) is 16.7. The van der Waals surface area contributed by atoms with E-state index in [-0.39, 0.29) is 6.42 Å². The van der Waals surface area contributed by atoms with Crippen LogP contribution in [0.5, 0.6) is 0 Å². The van der Waals surface area contributed by atoms with Crippen LogP contribution < -0.4 is 21.3 Å². The Morgan fingerprint density at radius 1 is 1.11 bits per heavy atom. The number of carbonyl (C=O) groups excluding carboxylic acids is 4. The van der Waals surface area contributed by atoms with Crippen LogP contribution in [0.1, 0.15) is 42.9 Å². The molecule has 2 aromatic rings. The average molecular weight is 495 g/mol. The summed E-state index contributed by atoms with van der Waals surface area (Å²) in [6.45, 7) is 3.90. The van der Waals surface area contributed by atoms with E-state index >= 15 is 0 Å². The predicted octanol–water partition coefficient (Wildman–Crippen LogP) is 2.79. The second-order valence-corrected chi connectivity index (χ2v) is 9.97. The van der Waals surface area contributed by atoms with Crippen LogP contribution in [-0.4, -0.2) is 29.7 Å². The molecule has 5 rings (SSSR count). The maximum Gasteiger partial charge on any atom is 0.250 e. The lowest BCUT2D eigenvalue weighted by Crippen LogP contribution is -2.53. The number of rotatable bonds is 6. The number of halogens is 1. The van der Waals surface area contributed by atoms with Gasteiger partial charge in [-0.25, -0.2) is 4.90 Å². The van der Waals surface area contributed by atoms with Gasteiger partial charge in [0.15, 0.2) is 0 Å². The highest BCUT2D eigenvalue weighted by atomic mass is 35.5. The number of amides is 4. The highest BCUT2D eigenvalue weighted by molar-refractivity contribution is 6.32. The molecule has 182 valence electrons. The lowest BCUT2D eigenvalue weighted by Gasteiger charge is -2.29. The van der Waals surface area contributed by atoms with Crippen molar-refractivity contribution in [3.8, 4) is 0 Å². The van der Waals surface area contributed by atoms with E-state index in [1.54, 1.807) is 31.2 Å². The number of imide groups is 1. The molecule has 4 atom stereocenters. The molecule has 2 fully saturated rings. The van der Waals surface area contributed by atoms with Gasteiger partial charge in [0.25, 0.3) is 0 Å². The summed E-state index contributed by atoms with van der Waals surface area (Å²) in [5, 5.41) is 6.53. The van der Waals surface area contributed by atoms with Crippen molar-refractivity contribution < 1.29 is 19.2 Å². The van der Waals surface area contributed by atoms with Gasteiger partial charge >= 0.3 is 0 Å². The van der Waals surface area contributed by atoms with Crippen LogP contribution in [0.25, 0.3) is 0 Å². The zero-order valence-electron chi connectivity index (χ0n) is 19.6. The van der Waals surface area contributed by atoms with Crippen molar-refractivity contribution in [1.29, 1.82) is 0 Å². The molecule has 0 radical (unpaired) electrons. The Balaban J connectivity index is 1.60.